The highest BCUT2D eigenvalue weighted by atomic mass is 79.9. The van der Waals surface area contributed by atoms with Gasteiger partial charge < -0.3 is 4.74 Å². The van der Waals surface area contributed by atoms with Gasteiger partial charge in [0.05, 0.1) is 10.9 Å². The largest absolute Gasteiger partial charge is 0.361 e. The number of halogens is 1. The van der Waals surface area contributed by atoms with Gasteiger partial charge in [-0.25, -0.2) is 4.98 Å². The van der Waals surface area contributed by atoms with Gasteiger partial charge in [-0.3, -0.25) is 9.36 Å². The molecule has 5 heteroatoms. The van der Waals surface area contributed by atoms with Crippen molar-refractivity contribution in [3.05, 3.63) is 39.4 Å². The van der Waals surface area contributed by atoms with Crippen molar-refractivity contribution in [1.82, 2.24) is 9.55 Å². The Bertz CT molecular complexity index is 565. The molecule has 0 atom stereocenters. The minimum absolute atomic E-state index is 0.0836. The molecule has 4 nitrogen and oxygen atoms in total. The predicted molar refractivity (Wildman–Crippen MR) is 65.3 cm³/mol. The predicted octanol–water partition coefficient (Wildman–Crippen LogP) is 2.15. The second-order valence-corrected chi connectivity index (χ2v) is 4.13. The van der Waals surface area contributed by atoms with Gasteiger partial charge in [0.25, 0.3) is 5.56 Å². The minimum Gasteiger partial charge on any atom is -0.361 e. The van der Waals surface area contributed by atoms with Gasteiger partial charge in [0.2, 0.25) is 0 Å². The second kappa shape index (κ2) is 4.76. The van der Waals surface area contributed by atoms with Crippen LogP contribution in [-0.4, -0.2) is 16.2 Å². The number of ether oxygens (including phenoxy) is 1. The summed E-state index contributed by atoms with van der Waals surface area (Å²) in [5.74, 6) is 0. The van der Waals surface area contributed by atoms with Gasteiger partial charge in [0.1, 0.15) is 13.1 Å². The van der Waals surface area contributed by atoms with Crippen LogP contribution in [0.2, 0.25) is 0 Å². The third kappa shape index (κ3) is 2.01. The first kappa shape index (κ1) is 11.3. The molecule has 84 valence electrons. The monoisotopic (exact) mass is 282 g/mol. The Hall–Kier alpha value is -1.20. The zero-order valence-corrected chi connectivity index (χ0v) is 10.4. The van der Waals surface area contributed by atoms with Crippen LogP contribution >= 0.6 is 15.9 Å². The van der Waals surface area contributed by atoms with Crippen LogP contribution in [-0.2, 0) is 11.5 Å². The molecule has 0 spiro atoms. The summed E-state index contributed by atoms with van der Waals surface area (Å²) >= 11 is 3.37. The highest BCUT2D eigenvalue weighted by molar-refractivity contribution is 9.10. The Morgan fingerprint density at radius 3 is 3.06 bits per heavy atom. The molecule has 0 aliphatic heterocycles. The van der Waals surface area contributed by atoms with E-state index in [0.29, 0.717) is 17.5 Å². The quantitative estimate of drug-likeness (QED) is 0.867. The molecule has 0 N–H and O–H groups in total. The van der Waals surface area contributed by atoms with Crippen LogP contribution in [0.15, 0.2) is 33.8 Å². The highest BCUT2D eigenvalue weighted by Crippen LogP contribution is 2.18. The van der Waals surface area contributed by atoms with E-state index in [2.05, 4.69) is 20.9 Å². The first-order valence-electron chi connectivity index (χ1n) is 4.95. The van der Waals surface area contributed by atoms with Crippen molar-refractivity contribution in [2.24, 2.45) is 0 Å². The highest BCUT2D eigenvalue weighted by Gasteiger charge is 2.05. The third-order valence-corrected chi connectivity index (χ3v) is 2.88. The number of hydrogen-bond acceptors (Lipinski definition) is 3. The summed E-state index contributed by atoms with van der Waals surface area (Å²) < 4.78 is 7.47. The van der Waals surface area contributed by atoms with E-state index >= 15 is 0 Å². The van der Waals surface area contributed by atoms with Crippen LogP contribution in [0.25, 0.3) is 10.9 Å². The second-order valence-electron chi connectivity index (χ2n) is 3.28. The summed E-state index contributed by atoms with van der Waals surface area (Å²) in [6.45, 7) is 2.70. The lowest BCUT2D eigenvalue weighted by atomic mass is 10.2. The summed E-state index contributed by atoms with van der Waals surface area (Å²) in [4.78, 5) is 16.2. The smallest absolute Gasteiger partial charge is 0.263 e. The summed E-state index contributed by atoms with van der Waals surface area (Å²) in [6, 6.07) is 5.44. The van der Waals surface area contributed by atoms with Gasteiger partial charge in [-0.15, -0.1) is 0 Å². The fourth-order valence-electron chi connectivity index (χ4n) is 1.44. The van der Waals surface area contributed by atoms with E-state index in [0.717, 1.165) is 4.47 Å². The Kier molecular flexibility index (Phi) is 3.36. The van der Waals surface area contributed by atoms with E-state index in [1.54, 1.807) is 6.07 Å². The van der Waals surface area contributed by atoms with Crippen molar-refractivity contribution >= 4 is 26.8 Å². The molecule has 16 heavy (non-hydrogen) atoms. The van der Waals surface area contributed by atoms with E-state index in [1.165, 1.54) is 10.9 Å². The van der Waals surface area contributed by atoms with Crippen LogP contribution in [0.5, 0.6) is 0 Å². The van der Waals surface area contributed by atoms with Gasteiger partial charge in [-0.2, -0.15) is 0 Å². The first-order chi connectivity index (χ1) is 7.74. The molecule has 0 saturated heterocycles. The summed E-state index contributed by atoms with van der Waals surface area (Å²) in [5.41, 5.74) is 0.597. The number of nitrogens with zero attached hydrogens (tertiary/aromatic N) is 2. The van der Waals surface area contributed by atoms with E-state index in [9.17, 15) is 4.79 Å². The Morgan fingerprint density at radius 1 is 1.50 bits per heavy atom. The van der Waals surface area contributed by atoms with Crippen LogP contribution in [0.4, 0.5) is 0 Å². The molecule has 1 aromatic carbocycles. The summed E-state index contributed by atoms with van der Waals surface area (Å²) in [7, 11) is 0. The van der Waals surface area contributed by atoms with Crippen LogP contribution < -0.4 is 5.56 Å². The maximum Gasteiger partial charge on any atom is 0.263 e. The van der Waals surface area contributed by atoms with Crippen LogP contribution in [0.1, 0.15) is 6.92 Å². The molecule has 0 saturated carbocycles. The molecular formula is C11H11BrN2O2. The minimum atomic E-state index is -0.0836. The van der Waals surface area contributed by atoms with Gasteiger partial charge in [-0.05, 0) is 35.0 Å². The van der Waals surface area contributed by atoms with Crippen molar-refractivity contribution in [3.8, 4) is 0 Å². The number of aromatic nitrogens is 2. The van der Waals surface area contributed by atoms with E-state index in [-0.39, 0.29) is 12.3 Å². The van der Waals surface area contributed by atoms with E-state index in [1.807, 2.05) is 19.1 Å². The molecular weight excluding hydrogens is 272 g/mol. The number of benzene rings is 1. The molecule has 0 amide bonds. The normalized spacial score (nSPS) is 10.9. The van der Waals surface area contributed by atoms with Gasteiger partial charge in [0, 0.05) is 11.1 Å². The molecule has 0 bridgehead atoms. The van der Waals surface area contributed by atoms with E-state index < -0.39 is 0 Å². The Balaban J connectivity index is 2.57. The van der Waals surface area contributed by atoms with Crippen molar-refractivity contribution < 1.29 is 4.74 Å². The molecule has 2 rings (SSSR count). The maximum atomic E-state index is 12.0. The number of para-hydroxylation sites is 1. The van der Waals surface area contributed by atoms with Crippen molar-refractivity contribution in [2.45, 2.75) is 13.7 Å². The average molecular weight is 283 g/mol. The lowest BCUT2D eigenvalue weighted by molar-refractivity contribution is 0.0850. The standard InChI is InChI=1S/C11H11BrN2O2/c1-2-16-7-14-6-13-10-8(11(14)15)4-3-5-9(10)12/h3-6H,2,7H2,1H3. The van der Waals surface area contributed by atoms with Gasteiger partial charge >= 0.3 is 0 Å². The van der Waals surface area contributed by atoms with Gasteiger partial charge in [-0.1, -0.05) is 6.07 Å². The van der Waals surface area contributed by atoms with E-state index in [4.69, 9.17) is 4.74 Å². The SMILES string of the molecule is CCOCn1cnc2c(Br)cccc2c1=O. The molecule has 0 fully saturated rings. The molecule has 0 aliphatic rings. The molecule has 1 heterocycles. The lowest BCUT2D eigenvalue weighted by Gasteiger charge is -2.06. The van der Waals surface area contributed by atoms with Crippen molar-refractivity contribution in [2.75, 3.05) is 6.61 Å². The number of rotatable bonds is 3. The zero-order valence-electron chi connectivity index (χ0n) is 8.81. The van der Waals surface area contributed by atoms with Crippen LogP contribution in [0, 0.1) is 0 Å². The fourth-order valence-corrected chi connectivity index (χ4v) is 1.90. The molecule has 0 radical (unpaired) electrons. The van der Waals surface area contributed by atoms with Crippen molar-refractivity contribution in [1.29, 1.82) is 0 Å². The Morgan fingerprint density at radius 2 is 2.31 bits per heavy atom. The maximum absolute atomic E-state index is 12.0. The van der Waals surface area contributed by atoms with Gasteiger partial charge in [0.15, 0.2) is 0 Å². The fraction of sp³-hybridized carbons (Fsp3) is 0.273. The molecule has 2 aromatic rings. The summed E-state index contributed by atoms with van der Waals surface area (Å²) in [6.07, 6.45) is 1.51. The number of hydrogen-bond donors (Lipinski definition) is 0. The lowest BCUT2D eigenvalue weighted by Crippen LogP contribution is -2.21. The molecule has 0 aliphatic carbocycles. The zero-order chi connectivity index (χ0) is 11.5. The number of fused-ring (bicyclic) bond motifs is 1. The summed E-state index contributed by atoms with van der Waals surface area (Å²) in [5, 5.41) is 0.594. The third-order valence-electron chi connectivity index (χ3n) is 2.24. The Labute approximate surface area is 101 Å². The molecule has 0 unspecified atom stereocenters. The van der Waals surface area contributed by atoms with Crippen molar-refractivity contribution in [3.63, 3.8) is 0 Å². The topological polar surface area (TPSA) is 44.1 Å². The van der Waals surface area contributed by atoms with Crippen LogP contribution in [0.3, 0.4) is 0 Å². The molecule has 1 aromatic heterocycles. The first-order valence-corrected chi connectivity index (χ1v) is 5.74. The average Bonchev–Trinajstić information content (AvgIpc) is 2.29.